The summed E-state index contributed by atoms with van der Waals surface area (Å²) in [5, 5.41) is 3.76. The molecular formula is C13H10BrFN2O2. The minimum absolute atomic E-state index is 0.329. The first-order valence-corrected chi connectivity index (χ1v) is 6.20. The zero-order valence-electron chi connectivity index (χ0n) is 9.98. The summed E-state index contributed by atoms with van der Waals surface area (Å²) in [6, 6.07) is 6.93. The van der Waals surface area contributed by atoms with E-state index in [1.54, 1.807) is 13.0 Å². The fourth-order valence-electron chi connectivity index (χ4n) is 1.37. The fourth-order valence-corrected chi connectivity index (χ4v) is 1.67. The predicted octanol–water partition coefficient (Wildman–Crippen LogP) is 3.25. The second-order valence-electron chi connectivity index (χ2n) is 3.76. The molecule has 98 valence electrons. The highest BCUT2D eigenvalue weighted by Crippen LogP contribution is 2.18. The highest BCUT2D eigenvalue weighted by molar-refractivity contribution is 9.10. The molecule has 19 heavy (non-hydrogen) atoms. The van der Waals surface area contributed by atoms with Gasteiger partial charge < -0.3 is 4.42 Å². The third kappa shape index (κ3) is 3.51. The predicted molar refractivity (Wildman–Crippen MR) is 72.6 cm³/mol. The van der Waals surface area contributed by atoms with Gasteiger partial charge in [0.25, 0.3) is 5.91 Å². The van der Waals surface area contributed by atoms with Gasteiger partial charge in [0.15, 0.2) is 0 Å². The van der Waals surface area contributed by atoms with Crippen LogP contribution in [-0.2, 0) is 0 Å². The van der Waals surface area contributed by atoms with E-state index < -0.39 is 11.7 Å². The first-order valence-electron chi connectivity index (χ1n) is 5.41. The smallest absolute Gasteiger partial charge is 0.271 e. The number of hydrazone groups is 1. The Hall–Kier alpha value is -1.95. The van der Waals surface area contributed by atoms with Crippen molar-refractivity contribution in [1.82, 2.24) is 5.43 Å². The standard InChI is InChI=1S/C13H10BrFN2O2/c1-8-12(14)6-11(19-8)7-16-17-13(18)9-2-4-10(15)5-3-9/h2-7H,1H3,(H,17,18)/b16-7-. The Morgan fingerprint density at radius 2 is 2.11 bits per heavy atom. The van der Waals surface area contributed by atoms with Crippen molar-refractivity contribution in [3.63, 3.8) is 0 Å². The first kappa shape index (κ1) is 13.5. The van der Waals surface area contributed by atoms with Crippen LogP contribution in [0.5, 0.6) is 0 Å². The minimum atomic E-state index is -0.418. The molecule has 0 aliphatic carbocycles. The fraction of sp³-hybridized carbons (Fsp3) is 0.0769. The molecule has 0 radical (unpaired) electrons. The van der Waals surface area contributed by atoms with Gasteiger partial charge in [-0.05, 0) is 47.1 Å². The van der Waals surface area contributed by atoms with E-state index in [0.717, 1.165) is 10.2 Å². The van der Waals surface area contributed by atoms with Gasteiger partial charge in [-0.15, -0.1) is 0 Å². The zero-order valence-corrected chi connectivity index (χ0v) is 11.6. The van der Waals surface area contributed by atoms with Gasteiger partial charge in [0.2, 0.25) is 0 Å². The molecule has 4 nitrogen and oxygen atoms in total. The summed E-state index contributed by atoms with van der Waals surface area (Å²) in [4.78, 5) is 11.6. The Kier molecular flexibility index (Phi) is 4.11. The van der Waals surface area contributed by atoms with E-state index in [4.69, 9.17) is 4.42 Å². The molecule has 0 bridgehead atoms. The number of hydrogen-bond donors (Lipinski definition) is 1. The second kappa shape index (κ2) is 5.79. The molecule has 0 atom stereocenters. The number of carbonyl (C=O) groups excluding carboxylic acids is 1. The molecule has 2 rings (SSSR count). The van der Waals surface area contributed by atoms with Crippen molar-refractivity contribution in [3.05, 3.63) is 57.7 Å². The Bertz CT molecular complexity index is 601. The van der Waals surface area contributed by atoms with Crippen LogP contribution in [0, 0.1) is 12.7 Å². The summed E-state index contributed by atoms with van der Waals surface area (Å²) in [6.45, 7) is 1.80. The maximum Gasteiger partial charge on any atom is 0.271 e. The SMILES string of the molecule is Cc1oc(/C=N\NC(=O)c2ccc(F)cc2)cc1Br. The maximum atomic E-state index is 12.7. The Balaban J connectivity index is 1.98. The highest BCUT2D eigenvalue weighted by Gasteiger charge is 2.04. The number of furan rings is 1. The van der Waals surface area contributed by atoms with Crippen LogP contribution >= 0.6 is 15.9 Å². The molecule has 1 amide bonds. The van der Waals surface area contributed by atoms with E-state index in [9.17, 15) is 9.18 Å². The van der Waals surface area contributed by atoms with Crippen LogP contribution in [-0.4, -0.2) is 12.1 Å². The molecular weight excluding hydrogens is 315 g/mol. The third-order valence-corrected chi connectivity index (χ3v) is 3.13. The Morgan fingerprint density at radius 1 is 1.42 bits per heavy atom. The number of halogens is 2. The molecule has 0 aliphatic rings. The molecule has 1 N–H and O–H groups in total. The average molecular weight is 325 g/mol. The van der Waals surface area contributed by atoms with Gasteiger partial charge in [-0.3, -0.25) is 4.79 Å². The molecule has 0 aliphatic heterocycles. The van der Waals surface area contributed by atoms with Crippen molar-refractivity contribution in [2.45, 2.75) is 6.92 Å². The number of aryl methyl sites for hydroxylation is 1. The average Bonchev–Trinajstić information content (AvgIpc) is 2.69. The highest BCUT2D eigenvalue weighted by atomic mass is 79.9. The van der Waals surface area contributed by atoms with Crippen LogP contribution in [0.4, 0.5) is 4.39 Å². The summed E-state index contributed by atoms with van der Waals surface area (Å²) in [7, 11) is 0. The van der Waals surface area contributed by atoms with E-state index in [0.29, 0.717) is 11.3 Å². The van der Waals surface area contributed by atoms with Crippen molar-refractivity contribution in [1.29, 1.82) is 0 Å². The Morgan fingerprint density at radius 3 is 2.68 bits per heavy atom. The number of rotatable bonds is 3. The monoisotopic (exact) mass is 324 g/mol. The zero-order chi connectivity index (χ0) is 13.8. The van der Waals surface area contributed by atoms with Gasteiger partial charge in [-0.25, -0.2) is 9.82 Å². The van der Waals surface area contributed by atoms with E-state index in [1.165, 1.54) is 30.5 Å². The first-order chi connectivity index (χ1) is 9.06. The van der Waals surface area contributed by atoms with Gasteiger partial charge in [-0.1, -0.05) is 0 Å². The van der Waals surface area contributed by atoms with Crippen molar-refractivity contribution in [2.75, 3.05) is 0 Å². The lowest BCUT2D eigenvalue weighted by molar-refractivity contribution is 0.0955. The number of benzene rings is 1. The van der Waals surface area contributed by atoms with Gasteiger partial charge in [0, 0.05) is 11.6 Å². The summed E-state index contributed by atoms with van der Waals surface area (Å²) in [5.74, 6) is 0.435. The van der Waals surface area contributed by atoms with Crippen LogP contribution in [0.1, 0.15) is 21.9 Å². The van der Waals surface area contributed by atoms with E-state index in [1.807, 2.05) is 0 Å². The Labute approximate surface area is 117 Å². The number of nitrogens with zero attached hydrogens (tertiary/aromatic N) is 1. The molecule has 0 saturated carbocycles. The van der Waals surface area contributed by atoms with Crippen LogP contribution < -0.4 is 5.43 Å². The lowest BCUT2D eigenvalue weighted by Crippen LogP contribution is -2.17. The number of hydrogen-bond acceptors (Lipinski definition) is 3. The quantitative estimate of drug-likeness (QED) is 0.696. The summed E-state index contributed by atoms with van der Waals surface area (Å²) in [5.41, 5.74) is 2.66. The molecule has 0 spiro atoms. The maximum absolute atomic E-state index is 12.7. The van der Waals surface area contributed by atoms with Gasteiger partial charge >= 0.3 is 0 Å². The lowest BCUT2D eigenvalue weighted by Gasteiger charge is -1.98. The van der Waals surface area contributed by atoms with Crippen LogP contribution in [0.15, 0.2) is 44.3 Å². The third-order valence-electron chi connectivity index (χ3n) is 2.34. The van der Waals surface area contributed by atoms with Crippen LogP contribution in [0.2, 0.25) is 0 Å². The van der Waals surface area contributed by atoms with Crippen molar-refractivity contribution < 1.29 is 13.6 Å². The summed E-state index contributed by atoms with van der Waals surface area (Å²) in [6.07, 6.45) is 1.39. The van der Waals surface area contributed by atoms with Crippen LogP contribution in [0.25, 0.3) is 0 Å². The van der Waals surface area contributed by atoms with Gasteiger partial charge in [-0.2, -0.15) is 5.10 Å². The van der Waals surface area contributed by atoms with E-state index >= 15 is 0 Å². The van der Waals surface area contributed by atoms with E-state index in [2.05, 4.69) is 26.5 Å². The number of nitrogens with one attached hydrogen (secondary N) is 1. The minimum Gasteiger partial charge on any atom is -0.459 e. The molecule has 0 unspecified atom stereocenters. The molecule has 2 aromatic rings. The van der Waals surface area contributed by atoms with Crippen molar-refractivity contribution in [2.24, 2.45) is 5.10 Å². The summed E-state index contributed by atoms with van der Waals surface area (Å²) < 4.78 is 18.8. The van der Waals surface area contributed by atoms with Crippen molar-refractivity contribution in [3.8, 4) is 0 Å². The second-order valence-corrected chi connectivity index (χ2v) is 4.61. The van der Waals surface area contributed by atoms with Gasteiger partial charge in [0.1, 0.15) is 17.3 Å². The van der Waals surface area contributed by atoms with Gasteiger partial charge in [0.05, 0.1) is 10.7 Å². The van der Waals surface area contributed by atoms with Crippen molar-refractivity contribution >= 4 is 28.1 Å². The molecule has 1 aromatic carbocycles. The molecule has 0 saturated heterocycles. The van der Waals surface area contributed by atoms with E-state index in [-0.39, 0.29) is 0 Å². The number of carbonyl (C=O) groups is 1. The topological polar surface area (TPSA) is 54.6 Å². The molecule has 6 heteroatoms. The normalized spacial score (nSPS) is 10.9. The summed E-state index contributed by atoms with van der Waals surface area (Å²) >= 11 is 3.30. The lowest BCUT2D eigenvalue weighted by atomic mass is 10.2. The largest absolute Gasteiger partial charge is 0.459 e. The molecule has 1 heterocycles. The number of amides is 1. The molecule has 1 aromatic heterocycles. The van der Waals surface area contributed by atoms with Crippen LogP contribution in [0.3, 0.4) is 0 Å². The molecule has 0 fully saturated rings.